The molecule has 2 aliphatic rings. The summed E-state index contributed by atoms with van der Waals surface area (Å²) in [4.78, 5) is 4.23. The first-order valence-corrected chi connectivity index (χ1v) is 14.6. The summed E-state index contributed by atoms with van der Waals surface area (Å²) in [6.07, 6.45) is 0.0438. The molecule has 1 aromatic carbocycles. The second-order valence-corrected chi connectivity index (χ2v) is 13.0. The average molecular weight is 598 g/mol. The summed E-state index contributed by atoms with van der Waals surface area (Å²) in [7, 11) is -3.54. The number of nitrogens with one attached hydrogen (secondary N) is 1. The predicted molar refractivity (Wildman–Crippen MR) is 142 cm³/mol. The number of alkyl halides is 3. The molecule has 2 fully saturated rings. The van der Waals surface area contributed by atoms with Crippen LogP contribution in [-0.2, 0) is 16.2 Å². The van der Waals surface area contributed by atoms with E-state index in [2.05, 4.69) is 9.62 Å². The molecule has 4 rings (SSSR count). The van der Waals surface area contributed by atoms with Gasteiger partial charge in [-0.15, -0.1) is 23.7 Å². The Labute approximate surface area is 230 Å². The van der Waals surface area contributed by atoms with E-state index in [9.17, 15) is 21.6 Å². The Morgan fingerprint density at radius 2 is 1.76 bits per heavy atom. The number of nitriles is 1. The first-order chi connectivity index (χ1) is 17.0. The van der Waals surface area contributed by atoms with Crippen LogP contribution in [0.25, 0.3) is 0 Å². The van der Waals surface area contributed by atoms with E-state index in [0.717, 1.165) is 75.2 Å². The monoisotopic (exact) mass is 596 g/mol. The molecule has 6 nitrogen and oxygen atoms in total. The summed E-state index contributed by atoms with van der Waals surface area (Å²) < 4.78 is 68.1. The highest BCUT2D eigenvalue weighted by Gasteiger charge is 2.32. The van der Waals surface area contributed by atoms with Gasteiger partial charge in [0.15, 0.2) is 0 Å². The highest BCUT2D eigenvalue weighted by Crippen LogP contribution is 2.34. The summed E-state index contributed by atoms with van der Waals surface area (Å²) in [5.74, 6) is 0.529. The number of rotatable bonds is 7. The summed E-state index contributed by atoms with van der Waals surface area (Å²) in [5, 5.41) is 9.13. The second-order valence-electron chi connectivity index (χ2n) is 9.39. The van der Waals surface area contributed by atoms with Crippen molar-refractivity contribution in [3.8, 4) is 6.07 Å². The molecular formula is C24H29Cl2F3N4O2S2. The molecule has 37 heavy (non-hydrogen) atoms. The van der Waals surface area contributed by atoms with E-state index in [0.29, 0.717) is 29.0 Å². The van der Waals surface area contributed by atoms with Crippen molar-refractivity contribution >= 4 is 51.1 Å². The highest BCUT2D eigenvalue weighted by atomic mass is 35.5. The molecule has 0 radical (unpaired) electrons. The summed E-state index contributed by atoms with van der Waals surface area (Å²) >= 11 is 6.92. The molecule has 0 spiro atoms. The van der Waals surface area contributed by atoms with Crippen LogP contribution in [0.3, 0.4) is 0 Å². The van der Waals surface area contributed by atoms with Gasteiger partial charge in [0, 0.05) is 37.9 Å². The van der Waals surface area contributed by atoms with Crippen molar-refractivity contribution in [3.63, 3.8) is 0 Å². The van der Waals surface area contributed by atoms with E-state index >= 15 is 0 Å². The van der Waals surface area contributed by atoms with Crippen LogP contribution in [0.1, 0.15) is 43.2 Å². The number of sulfonamides is 1. The quantitative estimate of drug-likeness (QED) is 0.439. The van der Waals surface area contributed by atoms with Gasteiger partial charge in [-0.1, -0.05) is 11.6 Å². The minimum atomic E-state index is -4.49. The minimum Gasteiger partial charge on any atom is -0.369 e. The topological polar surface area (TPSA) is 76.4 Å². The first kappa shape index (κ1) is 30.0. The van der Waals surface area contributed by atoms with Gasteiger partial charge < -0.3 is 4.90 Å². The zero-order valence-electron chi connectivity index (χ0n) is 20.0. The van der Waals surface area contributed by atoms with E-state index < -0.39 is 21.8 Å². The molecule has 0 bridgehead atoms. The van der Waals surface area contributed by atoms with Crippen LogP contribution in [0, 0.1) is 17.2 Å². The van der Waals surface area contributed by atoms with Crippen molar-refractivity contribution in [1.82, 2.24) is 9.62 Å². The van der Waals surface area contributed by atoms with E-state index in [-0.39, 0.29) is 28.2 Å². The number of hydrogen-bond donors (Lipinski definition) is 1. The molecule has 0 amide bonds. The molecule has 1 aliphatic carbocycles. The number of nitrogens with zero attached hydrogens (tertiary/aromatic N) is 3. The van der Waals surface area contributed by atoms with Crippen LogP contribution >= 0.6 is 35.3 Å². The standard InChI is InChI=1S/C24H28ClF3N4O2S2.ClH/c25-22-5-6-23(35-22)36(33,34)30-20-3-1-17(2-4-20)7-8-31-9-11-32(12-10-31)21-14-18(16-29)13-19(15-21)24(26,27)28;/h5-6,13-15,17,20,30H,1-4,7-12H2;1H. The van der Waals surface area contributed by atoms with Crippen molar-refractivity contribution in [2.75, 3.05) is 37.6 Å². The molecule has 1 N–H and O–H groups in total. The lowest BCUT2D eigenvalue weighted by Gasteiger charge is -2.37. The van der Waals surface area contributed by atoms with Gasteiger partial charge in [0.1, 0.15) is 4.21 Å². The van der Waals surface area contributed by atoms with Gasteiger partial charge in [0.05, 0.1) is 21.5 Å². The van der Waals surface area contributed by atoms with Crippen LogP contribution in [0.4, 0.5) is 18.9 Å². The summed E-state index contributed by atoms with van der Waals surface area (Å²) in [6.45, 7) is 3.61. The summed E-state index contributed by atoms with van der Waals surface area (Å²) in [6, 6.07) is 8.40. The molecule has 1 saturated carbocycles. The number of thiophene rings is 1. The molecule has 1 saturated heterocycles. The van der Waals surface area contributed by atoms with Crippen molar-refractivity contribution in [1.29, 1.82) is 5.26 Å². The molecule has 2 aromatic rings. The van der Waals surface area contributed by atoms with Crippen LogP contribution in [0.15, 0.2) is 34.5 Å². The Kier molecular flexibility index (Phi) is 10.2. The molecule has 0 atom stereocenters. The fourth-order valence-corrected chi connectivity index (χ4v) is 7.71. The fraction of sp³-hybridized carbons (Fsp3) is 0.542. The largest absolute Gasteiger partial charge is 0.416 e. The SMILES string of the molecule is Cl.N#Cc1cc(N2CCN(CCC3CCC(NS(=O)(=O)c4ccc(Cl)s4)CC3)CC2)cc(C(F)(F)F)c1. The van der Waals surface area contributed by atoms with Crippen LogP contribution in [0.5, 0.6) is 0 Å². The van der Waals surface area contributed by atoms with Gasteiger partial charge in [-0.3, -0.25) is 4.90 Å². The third-order valence-electron chi connectivity index (χ3n) is 6.95. The zero-order chi connectivity index (χ0) is 25.9. The van der Waals surface area contributed by atoms with E-state index in [4.69, 9.17) is 16.9 Å². The Balaban J connectivity index is 0.00000380. The Bertz CT molecular complexity index is 1200. The Morgan fingerprint density at radius 1 is 1.08 bits per heavy atom. The Hall–Kier alpha value is -1.55. The van der Waals surface area contributed by atoms with E-state index in [1.54, 1.807) is 6.07 Å². The van der Waals surface area contributed by atoms with Gasteiger partial charge in [-0.25, -0.2) is 13.1 Å². The van der Waals surface area contributed by atoms with Crippen LogP contribution < -0.4 is 9.62 Å². The van der Waals surface area contributed by atoms with Crippen molar-refractivity contribution in [3.05, 3.63) is 45.8 Å². The number of piperazine rings is 1. The maximum Gasteiger partial charge on any atom is 0.416 e. The maximum absolute atomic E-state index is 13.2. The van der Waals surface area contributed by atoms with Gasteiger partial charge in [0.25, 0.3) is 0 Å². The lowest BCUT2D eigenvalue weighted by Crippen LogP contribution is -2.47. The number of hydrogen-bond acceptors (Lipinski definition) is 6. The zero-order valence-corrected chi connectivity index (χ0v) is 23.2. The van der Waals surface area contributed by atoms with Gasteiger partial charge in [-0.2, -0.15) is 18.4 Å². The maximum atomic E-state index is 13.2. The predicted octanol–water partition coefficient (Wildman–Crippen LogP) is 5.76. The first-order valence-electron chi connectivity index (χ1n) is 11.9. The highest BCUT2D eigenvalue weighted by molar-refractivity contribution is 7.91. The number of benzene rings is 1. The molecule has 1 aliphatic heterocycles. The number of halogens is 5. The fourth-order valence-electron chi connectivity index (χ4n) is 4.91. The number of anilines is 1. The second kappa shape index (κ2) is 12.5. The van der Waals surface area contributed by atoms with Crippen molar-refractivity contribution in [2.24, 2.45) is 5.92 Å². The molecule has 204 valence electrons. The average Bonchev–Trinajstić information content (AvgIpc) is 3.30. The molecule has 13 heteroatoms. The molecule has 0 unspecified atom stereocenters. The van der Waals surface area contributed by atoms with Gasteiger partial charge >= 0.3 is 6.18 Å². The van der Waals surface area contributed by atoms with Crippen molar-refractivity contribution in [2.45, 2.75) is 48.5 Å². The van der Waals surface area contributed by atoms with E-state index in [1.165, 1.54) is 12.1 Å². The smallest absolute Gasteiger partial charge is 0.369 e. The van der Waals surface area contributed by atoms with Crippen molar-refractivity contribution < 1.29 is 21.6 Å². The van der Waals surface area contributed by atoms with Crippen LogP contribution in [-0.4, -0.2) is 52.1 Å². The third kappa shape index (κ3) is 7.97. The normalized spacial score (nSPS) is 21.3. The summed E-state index contributed by atoms with van der Waals surface area (Å²) in [5.41, 5.74) is -0.345. The van der Waals surface area contributed by atoms with Crippen LogP contribution in [0.2, 0.25) is 4.34 Å². The molecular weight excluding hydrogens is 568 g/mol. The minimum absolute atomic E-state index is 0. The van der Waals surface area contributed by atoms with Gasteiger partial charge in [0.2, 0.25) is 10.0 Å². The molecule has 2 heterocycles. The Morgan fingerprint density at radius 3 is 2.32 bits per heavy atom. The lowest BCUT2D eigenvalue weighted by atomic mass is 9.84. The van der Waals surface area contributed by atoms with E-state index in [1.807, 2.05) is 11.0 Å². The third-order valence-corrected chi connectivity index (χ3v) is 10.2. The lowest BCUT2D eigenvalue weighted by molar-refractivity contribution is -0.137. The molecule has 1 aromatic heterocycles. The van der Waals surface area contributed by atoms with Gasteiger partial charge in [-0.05, 0) is 74.9 Å².